The van der Waals surface area contributed by atoms with Crippen LogP contribution in [0, 0.1) is 0 Å². The van der Waals surface area contributed by atoms with Crippen LogP contribution in [-0.4, -0.2) is 34.4 Å². The molecule has 0 amide bonds. The van der Waals surface area contributed by atoms with Crippen molar-refractivity contribution in [2.24, 2.45) is 0 Å². The molecule has 1 heterocycles. The van der Waals surface area contributed by atoms with E-state index in [1.807, 2.05) is 36.4 Å². The number of carbonyl (C=O) groups is 1. The molecule has 0 bridgehead atoms. The fraction of sp³-hybridized carbons (Fsp3) is 0.227. The molecule has 2 aromatic rings. The molecule has 3 rings (SSSR count). The number of esters is 1. The van der Waals surface area contributed by atoms with Crippen LogP contribution in [0.15, 0.2) is 47.7 Å². The second-order valence-electron chi connectivity index (χ2n) is 6.06. The van der Waals surface area contributed by atoms with Gasteiger partial charge in [0.25, 0.3) is 0 Å². The summed E-state index contributed by atoms with van der Waals surface area (Å²) >= 11 is 0. The zero-order chi connectivity index (χ0) is 20.1. The summed E-state index contributed by atoms with van der Waals surface area (Å²) in [4.78, 5) is 11.9. The van der Waals surface area contributed by atoms with Gasteiger partial charge in [0.05, 0.1) is 34.9 Å². The number of carbonyl (C=O) groups excluding carboxylic acids is 1. The molecule has 1 aliphatic heterocycles. The number of methoxy groups -OCH3 is 4. The highest BCUT2D eigenvalue weighted by molar-refractivity contribution is 5.85. The smallest absolute Gasteiger partial charge is 0.315 e. The maximum atomic E-state index is 11.9. The molecule has 0 N–H and O–H groups in total. The van der Waals surface area contributed by atoms with Crippen LogP contribution in [0.4, 0.5) is 0 Å². The van der Waals surface area contributed by atoms with Crippen LogP contribution in [0.1, 0.15) is 17.5 Å². The van der Waals surface area contributed by atoms with Crippen molar-refractivity contribution in [1.29, 1.82) is 0 Å². The van der Waals surface area contributed by atoms with E-state index in [4.69, 9.17) is 23.7 Å². The molecule has 1 fully saturated rings. The van der Waals surface area contributed by atoms with Crippen molar-refractivity contribution in [2.75, 3.05) is 28.4 Å². The Labute approximate surface area is 163 Å². The molecule has 0 aromatic heterocycles. The van der Waals surface area contributed by atoms with E-state index >= 15 is 0 Å². The predicted octanol–water partition coefficient (Wildman–Crippen LogP) is 4.09. The Morgan fingerprint density at radius 2 is 1.25 bits per heavy atom. The highest BCUT2D eigenvalue weighted by Gasteiger charge is 2.23. The third-order valence-electron chi connectivity index (χ3n) is 4.33. The van der Waals surface area contributed by atoms with E-state index in [-0.39, 0.29) is 12.4 Å². The molecule has 0 spiro atoms. The quantitative estimate of drug-likeness (QED) is 0.701. The Bertz CT molecular complexity index is 867. The molecule has 0 saturated carbocycles. The fourth-order valence-electron chi connectivity index (χ4n) is 2.95. The molecule has 0 atom stereocenters. The minimum Gasteiger partial charge on any atom is -0.493 e. The Morgan fingerprint density at radius 3 is 1.75 bits per heavy atom. The number of allylic oxidation sites excluding steroid dienone is 1. The maximum absolute atomic E-state index is 11.9. The van der Waals surface area contributed by atoms with Crippen LogP contribution in [0.2, 0.25) is 0 Å². The van der Waals surface area contributed by atoms with Gasteiger partial charge in [0.2, 0.25) is 0 Å². The van der Waals surface area contributed by atoms with Crippen LogP contribution >= 0.6 is 0 Å². The monoisotopic (exact) mass is 382 g/mol. The van der Waals surface area contributed by atoms with Gasteiger partial charge in [-0.1, -0.05) is 12.1 Å². The summed E-state index contributed by atoms with van der Waals surface area (Å²) in [6.07, 6.45) is 3.91. The SMILES string of the molecule is COc1ccc(/C=C2/CC(=O)O/C2=C\c2ccc(OC)c(OC)c2)cc1OC. The first-order valence-electron chi connectivity index (χ1n) is 8.65. The molecule has 1 aliphatic rings. The van der Waals surface area contributed by atoms with Crippen molar-refractivity contribution in [3.8, 4) is 23.0 Å². The predicted molar refractivity (Wildman–Crippen MR) is 106 cm³/mol. The van der Waals surface area contributed by atoms with E-state index in [0.29, 0.717) is 28.8 Å². The topological polar surface area (TPSA) is 63.2 Å². The second-order valence-corrected chi connectivity index (χ2v) is 6.06. The van der Waals surface area contributed by atoms with Crippen LogP contribution in [-0.2, 0) is 9.53 Å². The second kappa shape index (κ2) is 8.52. The first-order chi connectivity index (χ1) is 13.6. The lowest BCUT2D eigenvalue weighted by atomic mass is 10.1. The molecule has 1 saturated heterocycles. The van der Waals surface area contributed by atoms with E-state index in [9.17, 15) is 4.79 Å². The zero-order valence-corrected chi connectivity index (χ0v) is 16.3. The van der Waals surface area contributed by atoms with Gasteiger partial charge in [0.1, 0.15) is 5.76 Å². The maximum Gasteiger partial charge on any atom is 0.315 e. The average molecular weight is 382 g/mol. The molecule has 6 heteroatoms. The number of benzene rings is 2. The van der Waals surface area contributed by atoms with Gasteiger partial charge < -0.3 is 23.7 Å². The van der Waals surface area contributed by atoms with Crippen molar-refractivity contribution in [3.63, 3.8) is 0 Å². The summed E-state index contributed by atoms with van der Waals surface area (Å²) in [6.45, 7) is 0. The minimum atomic E-state index is -0.293. The molecule has 0 aliphatic carbocycles. The normalized spacial score (nSPS) is 16.2. The van der Waals surface area contributed by atoms with Crippen LogP contribution in [0.3, 0.4) is 0 Å². The van der Waals surface area contributed by atoms with Gasteiger partial charge in [-0.25, -0.2) is 0 Å². The molecule has 28 heavy (non-hydrogen) atoms. The van der Waals surface area contributed by atoms with Gasteiger partial charge in [-0.2, -0.15) is 0 Å². The summed E-state index contributed by atoms with van der Waals surface area (Å²) in [5.74, 6) is 2.71. The summed E-state index contributed by atoms with van der Waals surface area (Å²) in [6, 6.07) is 11.1. The van der Waals surface area contributed by atoms with Gasteiger partial charge in [-0.05, 0) is 47.5 Å². The highest BCUT2D eigenvalue weighted by Crippen LogP contribution is 2.34. The molecule has 146 valence electrons. The van der Waals surface area contributed by atoms with Crippen molar-refractivity contribution in [2.45, 2.75) is 6.42 Å². The van der Waals surface area contributed by atoms with Gasteiger partial charge in [-0.3, -0.25) is 4.79 Å². The third-order valence-corrected chi connectivity index (χ3v) is 4.33. The summed E-state index contributed by atoms with van der Waals surface area (Å²) in [5, 5.41) is 0. The molecular weight excluding hydrogens is 360 g/mol. The number of rotatable bonds is 6. The van der Waals surface area contributed by atoms with Crippen molar-refractivity contribution < 1.29 is 28.5 Å². The van der Waals surface area contributed by atoms with Crippen molar-refractivity contribution in [1.82, 2.24) is 0 Å². The summed E-state index contributed by atoms with van der Waals surface area (Å²) in [5.41, 5.74) is 2.50. The highest BCUT2D eigenvalue weighted by atomic mass is 16.5. The number of hydrogen-bond donors (Lipinski definition) is 0. The largest absolute Gasteiger partial charge is 0.493 e. The van der Waals surface area contributed by atoms with Gasteiger partial charge in [-0.15, -0.1) is 0 Å². The summed E-state index contributed by atoms with van der Waals surface area (Å²) < 4.78 is 26.6. The lowest BCUT2D eigenvalue weighted by Crippen LogP contribution is -1.92. The molecular formula is C22H22O6. The Balaban J connectivity index is 1.96. The van der Waals surface area contributed by atoms with Gasteiger partial charge in [0, 0.05) is 5.57 Å². The van der Waals surface area contributed by atoms with Crippen LogP contribution < -0.4 is 18.9 Å². The fourth-order valence-corrected chi connectivity index (χ4v) is 2.95. The summed E-state index contributed by atoms with van der Waals surface area (Å²) in [7, 11) is 6.33. The van der Waals surface area contributed by atoms with E-state index in [1.165, 1.54) is 0 Å². The number of cyclic esters (lactones) is 1. The molecule has 0 radical (unpaired) electrons. The zero-order valence-electron chi connectivity index (χ0n) is 16.3. The van der Waals surface area contributed by atoms with E-state index in [2.05, 4.69) is 0 Å². The lowest BCUT2D eigenvalue weighted by Gasteiger charge is -2.09. The molecule has 6 nitrogen and oxygen atoms in total. The third kappa shape index (κ3) is 4.11. The first-order valence-corrected chi connectivity index (χ1v) is 8.65. The van der Waals surface area contributed by atoms with Gasteiger partial charge >= 0.3 is 5.97 Å². The van der Waals surface area contributed by atoms with E-state index in [0.717, 1.165) is 16.7 Å². The van der Waals surface area contributed by atoms with Crippen molar-refractivity contribution in [3.05, 3.63) is 58.9 Å². The number of ether oxygens (including phenoxy) is 5. The molecule has 2 aromatic carbocycles. The van der Waals surface area contributed by atoms with E-state index < -0.39 is 0 Å². The Hall–Kier alpha value is -3.41. The lowest BCUT2D eigenvalue weighted by molar-refractivity contribution is -0.135. The van der Waals surface area contributed by atoms with Crippen LogP contribution in [0.5, 0.6) is 23.0 Å². The van der Waals surface area contributed by atoms with Crippen LogP contribution in [0.25, 0.3) is 12.2 Å². The standard InChI is InChI=1S/C22H22O6/c1-24-17-7-5-14(11-20(17)26-3)9-16-13-22(23)28-19(16)10-15-6-8-18(25-2)21(12-15)27-4/h5-12H,13H2,1-4H3/b16-9-,19-10-. The van der Waals surface area contributed by atoms with Crippen molar-refractivity contribution >= 4 is 18.1 Å². The van der Waals surface area contributed by atoms with E-state index in [1.54, 1.807) is 40.6 Å². The average Bonchev–Trinajstić information content (AvgIpc) is 3.06. The van der Waals surface area contributed by atoms with Gasteiger partial charge in [0.15, 0.2) is 23.0 Å². The Kier molecular flexibility index (Phi) is 5.89. The Morgan fingerprint density at radius 1 is 0.750 bits per heavy atom. The molecule has 0 unspecified atom stereocenters. The number of hydrogen-bond acceptors (Lipinski definition) is 6. The minimum absolute atomic E-state index is 0.202. The first kappa shape index (κ1) is 19.4.